The Morgan fingerprint density at radius 1 is 1.24 bits per heavy atom. The molecule has 2 N–H and O–H groups in total. The molecule has 5 nitrogen and oxygen atoms in total. The molecule has 0 saturated heterocycles. The van der Waals surface area contributed by atoms with Crippen LogP contribution in [0.5, 0.6) is 5.75 Å². The van der Waals surface area contributed by atoms with E-state index in [0.29, 0.717) is 13.0 Å². The standard InChI is InChI=1S/C15H20N2O3S/c1-12(8-11-21(16,18)19)7-10-20-14-6-2-4-13-5-3-9-17-15(13)14/h2-6,9,12H,7-8,10-11H2,1H3,(H2,16,18,19). The van der Waals surface area contributed by atoms with Crippen molar-refractivity contribution in [1.29, 1.82) is 0 Å². The Kier molecular flexibility index (Phi) is 5.14. The van der Waals surface area contributed by atoms with E-state index in [4.69, 9.17) is 9.88 Å². The number of nitrogens with two attached hydrogens (primary N) is 1. The number of hydrogen-bond acceptors (Lipinski definition) is 4. The molecular formula is C15H20N2O3S. The topological polar surface area (TPSA) is 82.3 Å². The van der Waals surface area contributed by atoms with Crippen molar-refractivity contribution in [2.75, 3.05) is 12.4 Å². The maximum atomic E-state index is 10.9. The van der Waals surface area contributed by atoms with Crippen LogP contribution in [-0.4, -0.2) is 25.8 Å². The highest BCUT2D eigenvalue weighted by molar-refractivity contribution is 7.89. The van der Waals surface area contributed by atoms with E-state index in [1.54, 1.807) is 6.20 Å². The average molecular weight is 308 g/mol. The highest BCUT2D eigenvalue weighted by Gasteiger charge is 2.09. The molecule has 2 rings (SSSR count). The first-order valence-corrected chi connectivity index (χ1v) is 8.64. The number of aromatic nitrogens is 1. The van der Waals surface area contributed by atoms with Crippen molar-refractivity contribution in [1.82, 2.24) is 4.98 Å². The van der Waals surface area contributed by atoms with Gasteiger partial charge in [0.1, 0.15) is 11.3 Å². The highest BCUT2D eigenvalue weighted by atomic mass is 32.2. The number of benzene rings is 1. The summed E-state index contributed by atoms with van der Waals surface area (Å²) in [6.45, 7) is 2.53. The molecular weight excluding hydrogens is 288 g/mol. The van der Waals surface area contributed by atoms with Crippen LogP contribution in [0.15, 0.2) is 36.5 Å². The van der Waals surface area contributed by atoms with Gasteiger partial charge in [-0.25, -0.2) is 13.6 Å². The molecule has 2 aromatic rings. The van der Waals surface area contributed by atoms with Crippen LogP contribution in [0.25, 0.3) is 10.9 Å². The lowest BCUT2D eigenvalue weighted by Crippen LogP contribution is -2.18. The normalized spacial score (nSPS) is 13.2. The molecule has 0 bridgehead atoms. The van der Waals surface area contributed by atoms with E-state index in [1.807, 2.05) is 37.3 Å². The summed E-state index contributed by atoms with van der Waals surface area (Å²) in [5.41, 5.74) is 0.845. The number of primary sulfonamides is 1. The van der Waals surface area contributed by atoms with Crippen LogP contribution in [0.1, 0.15) is 19.8 Å². The second-order valence-corrected chi connectivity index (χ2v) is 6.96. The van der Waals surface area contributed by atoms with Gasteiger partial charge in [0.05, 0.1) is 12.4 Å². The third kappa shape index (κ3) is 4.99. The lowest BCUT2D eigenvalue weighted by atomic mass is 10.1. The molecule has 21 heavy (non-hydrogen) atoms. The van der Waals surface area contributed by atoms with Gasteiger partial charge in [0, 0.05) is 11.6 Å². The first kappa shape index (κ1) is 15.7. The second kappa shape index (κ2) is 6.87. The maximum absolute atomic E-state index is 10.9. The van der Waals surface area contributed by atoms with Crippen LogP contribution >= 0.6 is 0 Å². The number of sulfonamides is 1. The van der Waals surface area contributed by atoms with Gasteiger partial charge in [0.15, 0.2) is 0 Å². The van der Waals surface area contributed by atoms with Crippen LogP contribution in [0.3, 0.4) is 0 Å². The van der Waals surface area contributed by atoms with Gasteiger partial charge in [-0.2, -0.15) is 0 Å². The number of ether oxygens (including phenoxy) is 1. The molecule has 1 aromatic carbocycles. The van der Waals surface area contributed by atoms with Crippen molar-refractivity contribution >= 4 is 20.9 Å². The summed E-state index contributed by atoms with van der Waals surface area (Å²) in [4.78, 5) is 4.33. The van der Waals surface area contributed by atoms with E-state index in [0.717, 1.165) is 23.1 Å². The number of pyridine rings is 1. The molecule has 0 amide bonds. The lowest BCUT2D eigenvalue weighted by molar-refractivity contribution is 0.284. The minimum atomic E-state index is -3.38. The van der Waals surface area contributed by atoms with E-state index in [9.17, 15) is 8.42 Å². The Bertz CT molecular complexity index is 696. The third-order valence-electron chi connectivity index (χ3n) is 3.36. The van der Waals surface area contributed by atoms with E-state index >= 15 is 0 Å². The number of fused-ring (bicyclic) bond motifs is 1. The smallest absolute Gasteiger partial charge is 0.209 e. The number of nitrogens with zero attached hydrogens (tertiary/aromatic N) is 1. The van der Waals surface area contributed by atoms with Gasteiger partial charge >= 0.3 is 0 Å². The van der Waals surface area contributed by atoms with Crippen LogP contribution in [-0.2, 0) is 10.0 Å². The Hall–Kier alpha value is -1.66. The summed E-state index contributed by atoms with van der Waals surface area (Å²) in [5.74, 6) is 1.02. The van der Waals surface area contributed by atoms with E-state index in [1.165, 1.54) is 0 Å². The fourth-order valence-electron chi connectivity index (χ4n) is 2.07. The second-order valence-electron chi connectivity index (χ2n) is 5.23. The molecule has 0 spiro atoms. The fraction of sp³-hybridized carbons (Fsp3) is 0.400. The molecule has 0 aliphatic rings. The molecule has 0 saturated carbocycles. The van der Waals surface area contributed by atoms with Gasteiger partial charge in [-0.1, -0.05) is 25.1 Å². The zero-order chi connectivity index (χ0) is 15.3. The minimum absolute atomic E-state index is 0.0178. The van der Waals surface area contributed by atoms with Crippen molar-refractivity contribution in [3.63, 3.8) is 0 Å². The van der Waals surface area contributed by atoms with Gasteiger partial charge in [-0.15, -0.1) is 0 Å². The van der Waals surface area contributed by atoms with Crippen molar-refractivity contribution in [3.05, 3.63) is 36.5 Å². The highest BCUT2D eigenvalue weighted by Crippen LogP contribution is 2.23. The van der Waals surface area contributed by atoms with Crippen LogP contribution in [0.2, 0.25) is 0 Å². The predicted molar refractivity (Wildman–Crippen MR) is 83.6 cm³/mol. The summed E-state index contributed by atoms with van der Waals surface area (Å²) in [6, 6.07) is 9.70. The molecule has 0 aliphatic carbocycles. The predicted octanol–water partition coefficient (Wildman–Crippen LogP) is 2.32. The number of para-hydroxylation sites is 1. The van der Waals surface area contributed by atoms with E-state index in [-0.39, 0.29) is 11.7 Å². The third-order valence-corrected chi connectivity index (χ3v) is 4.16. The molecule has 0 fully saturated rings. The molecule has 6 heteroatoms. The minimum Gasteiger partial charge on any atom is -0.491 e. The van der Waals surface area contributed by atoms with Gasteiger partial charge in [0.25, 0.3) is 0 Å². The number of rotatable bonds is 7. The Morgan fingerprint density at radius 3 is 2.76 bits per heavy atom. The van der Waals surface area contributed by atoms with Crippen LogP contribution in [0.4, 0.5) is 0 Å². The Morgan fingerprint density at radius 2 is 2.00 bits per heavy atom. The van der Waals surface area contributed by atoms with Crippen molar-refractivity contribution < 1.29 is 13.2 Å². The van der Waals surface area contributed by atoms with Gasteiger partial charge in [0.2, 0.25) is 10.0 Å². The Balaban J connectivity index is 1.88. The zero-order valence-electron chi connectivity index (χ0n) is 12.0. The molecule has 1 aromatic heterocycles. The van der Waals surface area contributed by atoms with Gasteiger partial charge in [-0.05, 0) is 30.9 Å². The summed E-state index contributed by atoms with van der Waals surface area (Å²) in [5, 5.41) is 6.04. The van der Waals surface area contributed by atoms with Crippen LogP contribution in [0, 0.1) is 5.92 Å². The van der Waals surface area contributed by atoms with E-state index in [2.05, 4.69) is 4.98 Å². The number of hydrogen-bond donors (Lipinski definition) is 1. The van der Waals surface area contributed by atoms with Gasteiger partial charge < -0.3 is 4.74 Å². The van der Waals surface area contributed by atoms with Crippen molar-refractivity contribution in [2.45, 2.75) is 19.8 Å². The Labute approximate surface area is 125 Å². The van der Waals surface area contributed by atoms with Crippen molar-refractivity contribution in [3.8, 4) is 5.75 Å². The molecule has 1 heterocycles. The largest absolute Gasteiger partial charge is 0.491 e. The summed E-state index contributed by atoms with van der Waals surface area (Å²) in [6.07, 6.45) is 3.07. The summed E-state index contributed by atoms with van der Waals surface area (Å²) < 4.78 is 27.6. The summed E-state index contributed by atoms with van der Waals surface area (Å²) >= 11 is 0. The average Bonchev–Trinajstić information content (AvgIpc) is 2.45. The van der Waals surface area contributed by atoms with Crippen LogP contribution < -0.4 is 9.88 Å². The monoisotopic (exact) mass is 308 g/mol. The summed E-state index contributed by atoms with van der Waals surface area (Å²) in [7, 11) is -3.38. The fourth-order valence-corrected chi connectivity index (χ4v) is 2.80. The SMILES string of the molecule is CC(CCOc1cccc2cccnc12)CCS(N)(=O)=O. The first-order chi connectivity index (χ1) is 9.96. The molecule has 114 valence electrons. The maximum Gasteiger partial charge on any atom is 0.209 e. The molecule has 0 radical (unpaired) electrons. The quantitative estimate of drug-likeness (QED) is 0.851. The van der Waals surface area contributed by atoms with Gasteiger partial charge in [-0.3, -0.25) is 4.98 Å². The first-order valence-electron chi connectivity index (χ1n) is 6.93. The molecule has 1 atom stereocenters. The zero-order valence-corrected chi connectivity index (χ0v) is 12.8. The van der Waals surface area contributed by atoms with Crippen molar-refractivity contribution in [2.24, 2.45) is 11.1 Å². The van der Waals surface area contributed by atoms with E-state index < -0.39 is 10.0 Å². The molecule has 1 unspecified atom stereocenters. The molecule has 0 aliphatic heterocycles. The lowest BCUT2D eigenvalue weighted by Gasteiger charge is -2.12.